The number of rotatable bonds is 8. The Bertz CT molecular complexity index is 633. The first-order valence-electron chi connectivity index (χ1n) is 8.38. The summed E-state index contributed by atoms with van der Waals surface area (Å²) in [7, 11) is -1.80. The van der Waals surface area contributed by atoms with Gasteiger partial charge in [0.15, 0.2) is 0 Å². The van der Waals surface area contributed by atoms with Gasteiger partial charge in [0.05, 0.1) is 5.75 Å². The molecule has 0 radical (unpaired) electrons. The van der Waals surface area contributed by atoms with Crippen molar-refractivity contribution in [3.63, 3.8) is 0 Å². The molecule has 1 amide bonds. The van der Waals surface area contributed by atoms with E-state index in [4.69, 9.17) is 4.74 Å². The molecule has 1 unspecified atom stereocenters. The lowest BCUT2D eigenvalue weighted by Gasteiger charge is -2.38. The van der Waals surface area contributed by atoms with Gasteiger partial charge in [0.1, 0.15) is 18.4 Å². The van der Waals surface area contributed by atoms with Crippen LogP contribution in [0.5, 0.6) is 5.75 Å². The van der Waals surface area contributed by atoms with Crippen molar-refractivity contribution in [2.75, 3.05) is 32.5 Å². The summed E-state index contributed by atoms with van der Waals surface area (Å²) < 4.78 is 32.2. The highest BCUT2D eigenvalue weighted by Gasteiger charge is 2.39. The fourth-order valence-electron chi connectivity index (χ4n) is 2.79. The van der Waals surface area contributed by atoms with Crippen LogP contribution in [-0.4, -0.2) is 62.1 Å². The highest BCUT2D eigenvalue weighted by Crippen LogP contribution is 2.20. The zero-order chi connectivity index (χ0) is 17.6. The second kappa shape index (κ2) is 8.48. The third kappa shape index (κ3) is 4.70. The number of sulfonamides is 1. The molecule has 0 N–H and O–H groups in total. The van der Waals surface area contributed by atoms with Crippen molar-refractivity contribution in [2.24, 2.45) is 0 Å². The number of unbranched alkanes of at least 4 members (excludes halogenated alkanes) is 1. The maximum atomic E-state index is 12.7. The fraction of sp³-hybridized carbons (Fsp3) is 0.588. The molecule has 2 rings (SSSR count). The Morgan fingerprint density at radius 3 is 2.58 bits per heavy atom. The van der Waals surface area contributed by atoms with Crippen LogP contribution in [-0.2, 0) is 14.8 Å². The third-order valence-electron chi connectivity index (χ3n) is 4.21. The molecule has 1 heterocycles. The second-order valence-electron chi connectivity index (χ2n) is 6.01. The third-order valence-corrected chi connectivity index (χ3v) is 6.04. The zero-order valence-corrected chi connectivity index (χ0v) is 15.2. The van der Waals surface area contributed by atoms with Gasteiger partial charge >= 0.3 is 0 Å². The SMILES string of the molecule is CCCCC1C(=O)N(C)CCN1S(=O)(=O)CCOc1ccccc1. The maximum absolute atomic E-state index is 12.7. The summed E-state index contributed by atoms with van der Waals surface area (Å²) in [6, 6.07) is 8.54. The van der Waals surface area contributed by atoms with Crippen LogP contribution in [0.25, 0.3) is 0 Å². The molecule has 1 aliphatic heterocycles. The van der Waals surface area contributed by atoms with E-state index < -0.39 is 16.1 Å². The standard InChI is InChI=1S/C17H26N2O4S/c1-3-4-10-16-17(20)18(2)11-12-19(16)24(21,22)14-13-23-15-8-6-5-7-9-15/h5-9,16H,3-4,10-14H2,1-2H3. The van der Waals surface area contributed by atoms with Gasteiger partial charge in [0.2, 0.25) is 15.9 Å². The Kier molecular flexibility index (Phi) is 6.62. The number of ether oxygens (including phenoxy) is 1. The van der Waals surface area contributed by atoms with E-state index in [1.54, 1.807) is 24.1 Å². The molecule has 24 heavy (non-hydrogen) atoms. The molecule has 6 nitrogen and oxygen atoms in total. The summed E-state index contributed by atoms with van der Waals surface area (Å²) in [6.07, 6.45) is 2.33. The van der Waals surface area contributed by atoms with Gasteiger partial charge < -0.3 is 9.64 Å². The number of carbonyl (C=O) groups is 1. The largest absolute Gasteiger partial charge is 0.492 e. The van der Waals surface area contributed by atoms with Crippen molar-refractivity contribution in [1.82, 2.24) is 9.21 Å². The first kappa shape index (κ1) is 18.7. The molecule has 1 fully saturated rings. The van der Waals surface area contributed by atoms with E-state index in [9.17, 15) is 13.2 Å². The maximum Gasteiger partial charge on any atom is 0.240 e. The number of piperazine rings is 1. The van der Waals surface area contributed by atoms with E-state index in [0.29, 0.717) is 25.3 Å². The molecule has 1 saturated heterocycles. The van der Waals surface area contributed by atoms with E-state index in [-0.39, 0.29) is 18.3 Å². The normalized spacial score (nSPS) is 19.5. The number of likely N-dealkylation sites (N-methyl/N-ethyl adjacent to an activating group) is 1. The molecule has 1 atom stereocenters. The van der Waals surface area contributed by atoms with Crippen LogP contribution in [0.2, 0.25) is 0 Å². The van der Waals surface area contributed by atoms with Crippen LogP contribution in [0.15, 0.2) is 30.3 Å². The predicted molar refractivity (Wildman–Crippen MR) is 93.4 cm³/mol. The van der Waals surface area contributed by atoms with Crippen LogP contribution < -0.4 is 4.74 Å². The molecule has 1 aliphatic rings. The quantitative estimate of drug-likeness (QED) is 0.713. The lowest BCUT2D eigenvalue weighted by molar-refractivity contribution is -0.137. The van der Waals surface area contributed by atoms with E-state index in [0.717, 1.165) is 12.8 Å². The van der Waals surface area contributed by atoms with Crippen LogP contribution in [0.1, 0.15) is 26.2 Å². The minimum Gasteiger partial charge on any atom is -0.492 e. The molecule has 134 valence electrons. The molecular weight excluding hydrogens is 328 g/mol. The first-order chi connectivity index (χ1) is 11.5. The molecule has 0 spiro atoms. The molecule has 7 heteroatoms. The van der Waals surface area contributed by atoms with Gasteiger partial charge in [-0.15, -0.1) is 0 Å². The Morgan fingerprint density at radius 2 is 1.92 bits per heavy atom. The molecule has 0 aromatic heterocycles. The number of benzene rings is 1. The molecule has 0 saturated carbocycles. The van der Waals surface area contributed by atoms with Crippen molar-refractivity contribution in [3.05, 3.63) is 30.3 Å². The topological polar surface area (TPSA) is 66.9 Å². The van der Waals surface area contributed by atoms with E-state index in [1.165, 1.54) is 4.31 Å². The molecule has 1 aromatic carbocycles. The average Bonchev–Trinajstić information content (AvgIpc) is 2.56. The average molecular weight is 354 g/mol. The fourth-order valence-corrected chi connectivity index (χ4v) is 4.26. The highest BCUT2D eigenvalue weighted by molar-refractivity contribution is 7.89. The summed E-state index contributed by atoms with van der Waals surface area (Å²) in [5.74, 6) is 0.411. The van der Waals surface area contributed by atoms with Crippen molar-refractivity contribution in [1.29, 1.82) is 0 Å². The van der Waals surface area contributed by atoms with Crippen molar-refractivity contribution < 1.29 is 17.9 Å². The van der Waals surface area contributed by atoms with Gasteiger partial charge in [0.25, 0.3) is 0 Å². The number of hydrogen-bond donors (Lipinski definition) is 0. The molecule has 0 aliphatic carbocycles. The lowest BCUT2D eigenvalue weighted by atomic mass is 10.1. The summed E-state index contributed by atoms with van der Waals surface area (Å²) in [5, 5.41) is 0. The van der Waals surface area contributed by atoms with Gasteiger partial charge in [-0.3, -0.25) is 4.79 Å². The monoisotopic (exact) mass is 354 g/mol. The van der Waals surface area contributed by atoms with Crippen molar-refractivity contribution in [2.45, 2.75) is 32.2 Å². The summed E-state index contributed by atoms with van der Waals surface area (Å²) in [5.41, 5.74) is 0. The Balaban J connectivity index is 2.00. The summed E-state index contributed by atoms with van der Waals surface area (Å²) in [6.45, 7) is 2.89. The van der Waals surface area contributed by atoms with Gasteiger partial charge in [-0.2, -0.15) is 4.31 Å². The van der Waals surface area contributed by atoms with Gasteiger partial charge in [-0.25, -0.2) is 8.42 Å². The van der Waals surface area contributed by atoms with Gasteiger partial charge in [-0.05, 0) is 18.6 Å². The molecular formula is C17H26N2O4S. The summed E-state index contributed by atoms with van der Waals surface area (Å²) in [4.78, 5) is 14.0. The smallest absolute Gasteiger partial charge is 0.240 e. The second-order valence-corrected chi connectivity index (χ2v) is 8.05. The number of hydrogen-bond acceptors (Lipinski definition) is 4. The van der Waals surface area contributed by atoms with Crippen LogP contribution >= 0.6 is 0 Å². The number of nitrogens with zero attached hydrogens (tertiary/aromatic N) is 2. The van der Waals surface area contributed by atoms with Gasteiger partial charge in [-0.1, -0.05) is 38.0 Å². The molecule has 1 aromatic rings. The Labute approximate surface area is 144 Å². The van der Waals surface area contributed by atoms with Crippen molar-refractivity contribution in [3.8, 4) is 5.75 Å². The van der Waals surface area contributed by atoms with Crippen LogP contribution in [0, 0.1) is 0 Å². The predicted octanol–water partition coefficient (Wildman–Crippen LogP) is 1.73. The Hall–Kier alpha value is -1.60. The Morgan fingerprint density at radius 1 is 1.21 bits per heavy atom. The van der Waals surface area contributed by atoms with Gasteiger partial charge in [0, 0.05) is 20.1 Å². The lowest BCUT2D eigenvalue weighted by Crippen LogP contribution is -2.58. The van der Waals surface area contributed by atoms with E-state index in [2.05, 4.69) is 0 Å². The zero-order valence-electron chi connectivity index (χ0n) is 14.3. The van der Waals surface area contributed by atoms with E-state index >= 15 is 0 Å². The first-order valence-corrected chi connectivity index (χ1v) is 9.99. The minimum absolute atomic E-state index is 0.0768. The summed E-state index contributed by atoms with van der Waals surface area (Å²) >= 11 is 0. The highest BCUT2D eigenvalue weighted by atomic mass is 32.2. The number of amides is 1. The minimum atomic E-state index is -3.53. The number of carbonyl (C=O) groups excluding carboxylic acids is 1. The van der Waals surface area contributed by atoms with Crippen LogP contribution in [0.3, 0.4) is 0 Å². The molecule has 0 bridgehead atoms. The van der Waals surface area contributed by atoms with Crippen LogP contribution in [0.4, 0.5) is 0 Å². The van der Waals surface area contributed by atoms with Crippen molar-refractivity contribution >= 4 is 15.9 Å². The number of para-hydroxylation sites is 1. The van der Waals surface area contributed by atoms with E-state index in [1.807, 2.05) is 25.1 Å².